The van der Waals surface area contributed by atoms with Crippen molar-refractivity contribution in [2.75, 3.05) is 6.61 Å². The van der Waals surface area contributed by atoms with E-state index in [-0.39, 0.29) is 27.4 Å². The van der Waals surface area contributed by atoms with Crippen LogP contribution in [0.25, 0.3) is 10.9 Å². The molecular weight excluding hydrogens is 562 g/mol. The lowest BCUT2D eigenvalue weighted by Gasteiger charge is -2.14. The van der Waals surface area contributed by atoms with E-state index < -0.39 is 17.4 Å². The molecule has 1 amide bonds. The molecule has 0 aliphatic carbocycles. The summed E-state index contributed by atoms with van der Waals surface area (Å²) >= 11 is 6.58. The summed E-state index contributed by atoms with van der Waals surface area (Å²) in [6.07, 6.45) is 2.06. The molecule has 1 heterocycles. The van der Waals surface area contributed by atoms with Crippen LogP contribution in [0.5, 0.6) is 5.75 Å². The summed E-state index contributed by atoms with van der Waals surface area (Å²) in [6.45, 7) is 3.39. The molecule has 0 aliphatic heterocycles. The number of ether oxygens (including phenoxy) is 1. The lowest BCUT2D eigenvalue weighted by atomic mass is 10.1. The molecule has 2 N–H and O–H groups in total. The largest absolute Gasteiger partial charge is 0.476 e. The fourth-order valence-electron chi connectivity index (χ4n) is 3.00. The van der Waals surface area contributed by atoms with Crippen LogP contribution in [0.1, 0.15) is 37.6 Å². The van der Waals surface area contributed by atoms with Crippen LogP contribution >= 0.6 is 31.9 Å². The van der Waals surface area contributed by atoms with Crippen LogP contribution in [0.4, 0.5) is 5.69 Å². The van der Waals surface area contributed by atoms with Gasteiger partial charge < -0.3 is 10.5 Å². The number of carbonyl (C=O) groups is 1. The maximum atomic E-state index is 13.2. The number of carbonyl (C=O) groups excluding carboxylic acids is 1. The number of halogens is 2. The van der Waals surface area contributed by atoms with Crippen LogP contribution in [0.3, 0.4) is 0 Å². The van der Waals surface area contributed by atoms with Gasteiger partial charge in [0.1, 0.15) is 5.82 Å². The smallest absolute Gasteiger partial charge is 0.312 e. The van der Waals surface area contributed by atoms with Gasteiger partial charge in [0.2, 0.25) is 5.75 Å². The molecule has 0 saturated heterocycles. The molecule has 10 nitrogen and oxygen atoms in total. The van der Waals surface area contributed by atoms with Crippen LogP contribution in [-0.2, 0) is 4.79 Å². The fourth-order valence-corrected chi connectivity index (χ4v) is 3.94. The van der Waals surface area contributed by atoms with E-state index in [1.807, 2.05) is 13.8 Å². The second-order valence-electron chi connectivity index (χ2n) is 7.17. The standard InChI is InChI=1S/C21H19Br2N5O5/c1-3-11(2)20-26-16-5-4-13(22)8-14(16)21(30)27(20)25-9-12-6-15(23)19(33-10-18(24)29)17(7-12)28(31)32/h4-9,11H,3,10H2,1-2H3,(H2,24,29)/t11-/m0/s1. The molecule has 0 radical (unpaired) electrons. The van der Waals surface area contributed by atoms with Crippen molar-refractivity contribution < 1.29 is 14.5 Å². The van der Waals surface area contributed by atoms with E-state index in [0.29, 0.717) is 22.3 Å². The van der Waals surface area contributed by atoms with Crippen LogP contribution in [0, 0.1) is 10.1 Å². The van der Waals surface area contributed by atoms with Crippen molar-refractivity contribution in [1.29, 1.82) is 0 Å². The van der Waals surface area contributed by atoms with Crippen molar-refractivity contribution in [1.82, 2.24) is 9.66 Å². The first-order valence-electron chi connectivity index (χ1n) is 9.78. The third-order valence-corrected chi connectivity index (χ3v) is 5.89. The van der Waals surface area contributed by atoms with E-state index in [2.05, 4.69) is 41.9 Å². The van der Waals surface area contributed by atoms with Gasteiger partial charge in [-0.05, 0) is 46.6 Å². The van der Waals surface area contributed by atoms with Crippen molar-refractivity contribution in [2.45, 2.75) is 26.2 Å². The summed E-state index contributed by atoms with van der Waals surface area (Å²) in [7, 11) is 0. The molecule has 0 spiro atoms. The molecule has 2 aromatic carbocycles. The normalized spacial score (nSPS) is 12.2. The Morgan fingerprint density at radius 3 is 2.73 bits per heavy atom. The van der Waals surface area contributed by atoms with Gasteiger partial charge in [-0.1, -0.05) is 29.8 Å². The Balaban J connectivity index is 2.13. The highest BCUT2D eigenvalue weighted by molar-refractivity contribution is 9.10. The van der Waals surface area contributed by atoms with Crippen LogP contribution in [-0.4, -0.2) is 33.3 Å². The monoisotopic (exact) mass is 579 g/mol. The van der Waals surface area contributed by atoms with Crippen LogP contribution in [0.2, 0.25) is 0 Å². The Morgan fingerprint density at radius 2 is 2.09 bits per heavy atom. The molecule has 3 aromatic rings. The second kappa shape index (κ2) is 10.2. The van der Waals surface area contributed by atoms with Gasteiger partial charge in [-0.3, -0.25) is 19.7 Å². The number of benzene rings is 2. The summed E-state index contributed by atoms with van der Waals surface area (Å²) in [5.41, 5.74) is 5.20. The van der Waals surface area contributed by atoms with E-state index in [0.717, 1.165) is 10.9 Å². The lowest BCUT2D eigenvalue weighted by molar-refractivity contribution is -0.385. The number of amides is 1. The average molecular weight is 581 g/mol. The summed E-state index contributed by atoms with van der Waals surface area (Å²) in [6, 6.07) is 7.98. The molecule has 0 unspecified atom stereocenters. The van der Waals surface area contributed by atoms with Crippen molar-refractivity contribution in [2.24, 2.45) is 10.8 Å². The highest BCUT2D eigenvalue weighted by Crippen LogP contribution is 2.36. The number of nitro groups is 1. The zero-order chi connectivity index (χ0) is 24.3. The zero-order valence-electron chi connectivity index (χ0n) is 17.6. The van der Waals surface area contributed by atoms with E-state index >= 15 is 0 Å². The highest BCUT2D eigenvalue weighted by Gasteiger charge is 2.21. The Bertz CT molecular complexity index is 1340. The Hall–Kier alpha value is -3.12. The number of nitro benzene ring substituents is 1. The molecule has 12 heteroatoms. The molecular formula is C21H19Br2N5O5. The number of rotatable bonds is 8. The van der Waals surface area contributed by atoms with Gasteiger partial charge in [-0.2, -0.15) is 9.78 Å². The van der Waals surface area contributed by atoms with Crippen LogP contribution in [0.15, 0.2) is 49.2 Å². The number of nitrogens with two attached hydrogens (primary N) is 1. The molecule has 172 valence electrons. The third kappa shape index (κ3) is 5.45. The number of fused-ring (bicyclic) bond motifs is 1. The maximum Gasteiger partial charge on any atom is 0.312 e. The molecule has 3 rings (SSSR count). The van der Waals surface area contributed by atoms with Gasteiger partial charge in [0.15, 0.2) is 6.61 Å². The molecule has 0 fully saturated rings. The van der Waals surface area contributed by atoms with Crippen LogP contribution < -0.4 is 16.0 Å². The molecule has 33 heavy (non-hydrogen) atoms. The number of hydrogen-bond donors (Lipinski definition) is 1. The second-order valence-corrected chi connectivity index (χ2v) is 8.94. The summed E-state index contributed by atoms with van der Waals surface area (Å²) in [4.78, 5) is 39.7. The first-order valence-corrected chi connectivity index (χ1v) is 11.4. The van der Waals surface area contributed by atoms with E-state index in [4.69, 9.17) is 10.5 Å². The summed E-state index contributed by atoms with van der Waals surface area (Å²) in [5.74, 6) is -0.489. The van der Waals surface area contributed by atoms with E-state index in [1.54, 1.807) is 18.2 Å². The minimum atomic E-state index is -0.769. The minimum Gasteiger partial charge on any atom is -0.476 e. The van der Waals surface area contributed by atoms with Gasteiger partial charge in [-0.25, -0.2) is 4.98 Å². The zero-order valence-corrected chi connectivity index (χ0v) is 20.8. The number of aromatic nitrogens is 2. The summed E-state index contributed by atoms with van der Waals surface area (Å²) < 4.78 is 7.34. The molecule has 0 saturated carbocycles. The number of hydrogen-bond acceptors (Lipinski definition) is 7. The molecule has 1 aromatic heterocycles. The topological polar surface area (TPSA) is 143 Å². The third-order valence-electron chi connectivity index (χ3n) is 4.81. The van der Waals surface area contributed by atoms with Gasteiger partial charge in [0.05, 0.1) is 26.5 Å². The fraction of sp³-hybridized carbons (Fsp3) is 0.238. The SMILES string of the molecule is CC[C@H](C)c1nc2ccc(Br)cc2c(=O)n1N=Cc1cc(Br)c(OCC(N)=O)c([N+](=O)[O-])c1. The van der Waals surface area contributed by atoms with Crippen molar-refractivity contribution >= 4 is 60.6 Å². The summed E-state index contributed by atoms with van der Waals surface area (Å²) in [5, 5.41) is 16.2. The lowest BCUT2D eigenvalue weighted by Crippen LogP contribution is -2.23. The van der Waals surface area contributed by atoms with Crippen molar-refractivity contribution in [3.05, 3.63) is 71.1 Å². The van der Waals surface area contributed by atoms with Gasteiger partial charge in [0, 0.05) is 22.0 Å². The maximum absolute atomic E-state index is 13.2. The van der Waals surface area contributed by atoms with Crippen molar-refractivity contribution in [3.8, 4) is 5.75 Å². The Labute approximate surface area is 204 Å². The Kier molecular flexibility index (Phi) is 7.59. The molecule has 1 atom stereocenters. The first kappa shape index (κ1) is 24.5. The predicted octanol–water partition coefficient (Wildman–Crippen LogP) is 4.09. The molecule has 0 bridgehead atoms. The van der Waals surface area contributed by atoms with Gasteiger partial charge in [0.25, 0.3) is 11.5 Å². The van der Waals surface area contributed by atoms with Gasteiger partial charge >= 0.3 is 5.69 Å². The first-order chi connectivity index (χ1) is 15.6. The van der Waals surface area contributed by atoms with Gasteiger partial charge in [-0.15, -0.1) is 0 Å². The predicted molar refractivity (Wildman–Crippen MR) is 131 cm³/mol. The minimum absolute atomic E-state index is 0.0615. The van der Waals surface area contributed by atoms with Crippen molar-refractivity contribution in [3.63, 3.8) is 0 Å². The number of primary amides is 1. The van der Waals surface area contributed by atoms with E-state index in [1.165, 1.54) is 23.0 Å². The number of nitrogens with zero attached hydrogens (tertiary/aromatic N) is 4. The Morgan fingerprint density at radius 1 is 1.36 bits per heavy atom. The highest BCUT2D eigenvalue weighted by atomic mass is 79.9. The quantitative estimate of drug-likeness (QED) is 0.241. The van der Waals surface area contributed by atoms with E-state index in [9.17, 15) is 19.7 Å². The molecule has 0 aliphatic rings. The average Bonchev–Trinajstić information content (AvgIpc) is 2.76.